The van der Waals surface area contributed by atoms with E-state index in [-0.39, 0.29) is 11.3 Å². The van der Waals surface area contributed by atoms with Gasteiger partial charge in [-0.1, -0.05) is 27.4 Å². The highest BCUT2D eigenvalue weighted by atomic mass is 16.2. The van der Waals surface area contributed by atoms with Crippen molar-refractivity contribution in [3.8, 4) is 0 Å². The van der Waals surface area contributed by atoms with Gasteiger partial charge in [0.1, 0.15) is 11.5 Å². The van der Waals surface area contributed by atoms with Crippen molar-refractivity contribution >= 4 is 11.6 Å². The lowest BCUT2D eigenvalue weighted by molar-refractivity contribution is -0.114. The van der Waals surface area contributed by atoms with Crippen LogP contribution in [-0.4, -0.2) is 11.6 Å². The molecular formula is C8H12N2O. The standard InChI is InChI=1S/C8H12N2O/c1-5-9-6(7(11)10-5)8(2,3)4/h1H2,2-4H3,(H,10,11). The second-order valence-electron chi connectivity index (χ2n) is 3.61. The Morgan fingerprint density at radius 1 is 1.45 bits per heavy atom. The summed E-state index contributed by atoms with van der Waals surface area (Å²) < 4.78 is 0. The molecule has 0 bridgehead atoms. The van der Waals surface area contributed by atoms with Crippen LogP contribution in [0.15, 0.2) is 17.4 Å². The van der Waals surface area contributed by atoms with E-state index in [0.29, 0.717) is 11.5 Å². The molecule has 0 fully saturated rings. The predicted octanol–water partition coefficient (Wildman–Crippen LogP) is 1.07. The molecule has 1 aliphatic rings. The molecule has 1 aliphatic heterocycles. The SMILES string of the molecule is C=C1N=C(C(C)(C)C)C(=O)N1. The van der Waals surface area contributed by atoms with Crippen molar-refractivity contribution in [1.82, 2.24) is 5.32 Å². The van der Waals surface area contributed by atoms with E-state index in [4.69, 9.17) is 0 Å². The minimum atomic E-state index is -0.191. The van der Waals surface area contributed by atoms with Gasteiger partial charge in [0.05, 0.1) is 0 Å². The van der Waals surface area contributed by atoms with Crippen LogP contribution in [0, 0.1) is 5.41 Å². The Bertz CT molecular complexity index is 245. The summed E-state index contributed by atoms with van der Waals surface area (Å²) in [6, 6.07) is 0. The molecule has 1 N–H and O–H groups in total. The number of hydrogen-bond donors (Lipinski definition) is 1. The van der Waals surface area contributed by atoms with Gasteiger partial charge in [0.15, 0.2) is 0 Å². The number of nitrogens with zero attached hydrogens (tertiary/aromatic N) is 1. The molecular weight excluding hydrogens is 140 g/mol. The molecule has 3 nitrogen and oxygen atoms in total. The molecule has 0 aromatic rings. The smallest absolute Gasteiger partial charge is 0.271 e. The summed E-state index contributed by atoms with van der Waals surface area (Å²) >= 11 is 0. The minimum absolute atomic E-state index is 0.123. The van der Waals surface area contributed by atoms with Crippen molar-refractivity contribution in [3.05, 3.63) is 12.4 Å². The van der Waals surface area contributed by atoms with Crippen molar-refractivity contribution in [2.24, 2.45) is 10.4 Å². The first-order chi connectivity index (χ1) is 4.91. The molecule has 0 saturated heterocycles. The first kappa shape index (κ1) is 7.98. The third-order valence-corrected chi connectivity index (χ3v) is 1.43. The highest BCUT2D eigenvalue weighted by Crippen LogP contribution is 2.20. The molecule has 3 heteroatoms. The fourth-order valence-corrected chi connectivity index (χ4v) is 0.912. The van der Waals surface area contributed by atoms with Gasteiger partial charge in [0.25, 0.3) is 5.91 Å². The summed E-state index contributed by atoms with van der Waals surface area (Å²) in [5.74, 6) is 0.322. The third kappa shape index (κ3) is 1.48. The zero-order valence-electron chi connectivity index (χ0n) is 7.06. The van der Waals surface area contributed by atoms with E-state index < -0.39 is 0 Å². The maximum Gasteiger partial charge on any atom is 0.271 e. The van der Waals surface area contributed by atoms with E-state index in [2.05, 4.69) is 16.9 Å². The fourth-order valence-electron chi connectivity index (χ4n) is 0.912. The number of amides is 1. The number of carbonyl (C=O) groups is 1. The van der Waals surface area contributed by atoms with Crippen molar-refractivity contribution in [3.63, 3.8) is 0 Å². The van der Waals surface area contributed by atoms with E-state index in [1.54, 1.807) is 0 Å². The predicted molar refractivity (Wildman–Crippen MR) is 44.2 cm³/mol. The summed E-state index contributed by atoms with van der Waals surface area (Å²) in [5, 5.41) is 2.54. The van der Waals surface area contributed by atoms with Gasteiger partial charge in [-0.3, -0.25) is 4.79 Å². The summed E-state index contributed by atoms with van der Waals surface area (Å²) in [5.41, 5.74) is 0.367. The van der Waals surface area contributed by atoms with Crippen LogP contribution in [0.2, 0.25) is 0 Å². The van der Waals surface area contributed by atoms with Crippen LogP contribution < -0.4 is 5.32 Å². The highest BCUT2D eigenvalue weighted by Gasteiger charge is 2.30. The van der Waals surface area contributed by atoms with Crippen LogP contribution in [0.5, 0.6) is 0 Å². The molecule has 60 valence electrons. The average molecular weight is 152 g/mol. The summed E-state index contributed by atoms with van der Waals surface area (Å²) in [6.45, 7) is 9.39. The van der Waals surface area contributed by atoms with Gasteiger partial charge in [-0.15, -0.1) is 0 Å². The first-order valence-electron chi connectivity index (χ1n) is 3.50. The molecule has 11 heavy (non-hydrogen) atoms. The van der Waals surface area contributed by atoms with Crippen LogP contribution in [-0.2, 0) is 4.79 Å². The van der Waals surface area contributed by atoms with E-state index in [1.807, 2.05) is 20.8 Å². The van der Waals surface area contributed by atoms with Gasteiger partial charge >= 0.3 is 0 Å². The molecule has 1 amide bonds. The Morgan fingerprint density at radius 2 is 2.00 bits per heavy atom. The maximum atomic E-state index is 11.1. The first-order valence-corrected chi connectivity index (χ1v) is 3.50. The molecule has 0 unspecified atom stereocenters. The van der Waals surface area contributed by atoms with Gasteiger partial charge in [0, 0.05) is 5.41 Å². The fraction of sp³-hybridized carbons (Fsp3) is 0.500. The van der Waals surface area contributed by atoms with Crippen LogP contribution in [0.4, 0.5) is 0 Å². The van der Waals surface area contributed by atoms with Crippen LogP contribution in [0.1, 0.15) is 20.8 Å². The number of rotatable bonds is 0. The molecule has 0 spiro atoms. The lowest BCUT2D eigenvalue weighted by atomic mass is 9.90. The second kappa shape index (κ2) is 2.19. The van der Waals surface area contributed by atoms with Crippen molar-refractivity contribution in [2.75, 3.05) is 0 Å². The highest BCUT2D eigenvalue weighted by molar-refractivity contribution is 6.42. The lowest BCUT2D eigenvalue weighted by Crippen LogP contribution is -2.31. The van der Waals surface area contributed by atoms with E-state index in [9.17, 15) is 4.79 Å². The van der Waals surface area contributed by atoms with Gasteiger partial charge in [-0.05, 0) is 0 Å². The number of carbonyl (C=O) groups excluding carboxylic acids is 1. The second-order valence-corrected chi connectivity index (χ2v) is 3.61. The van der Waals surface area contributed by atoms with E-state index in [0.717, 1.165) is 0 Å². The molecule has 0 aromatic heterocycles. The van der Waals surface area contributed by atoms with Gasteiger partial charge in [0.2, 0.25) is 0 Å². The van der Waals surface area contributed by atoms with Crippen molar-refractivity contribution in [1.29, 1.82) is 0 Å². The summed E-state index contributed by atoms with van der Waals surface area (Å²) in [6.07, 6.45) is 0. The van der Waals surface area contributed by atoms with Crippen LogP contribution in [0.25, 0.3) is 0 Å². The lowest BCUT2D eigenvalue weighted by Gasteiger charge is -2.15. The van der Waals surface area contributed by atoms with E-state index in [1.165, 1.54) is 0 Å². The van der Waals surface area contributed by atoms with Gasteiger partial charge in [-0.2, -0.15) is 0 Å². The summed E-state index contributed by atoms with van der Waals surface area (Å²) in [4.78, 5) is 15.1. The Hall–Kier alpha value is -1.12. The Labute approximate surface area is 66.2 Å². The summed E-state index contributed by atoms with van der Waals surface area (Å²) in [7, 11) is 0. The Balaban J connectivity index is 2.97. The van der Waals surface area contributed by atoms with E-state index >= 15 is 0 Å². The van der Waals surface area contributed by atoms with Crippen molar-refractivity contribution < 1.29 is 4.79 Å². The van der Waals surface area contributed by atoms with Gasteiger partial charge < -0.3 is 5.32 Å². The molecule has 0 saturated carbocycles. The maximum absolute atomic E-state index is 11.1. The number of hydrogen-bond acceptors (Lipinski definition) is 2. The normalized spacial score (nSPS) is 18.3. The monoisotopic (exact) mass is 152 g/mol. The Kier molecular flexibility index (Phi) is 1.59. The zero-order valence-corrected chi connectivity index (χ0v) is 7.06. The molecule has 0 aromatic carbocycles. The third-order valence-electron chi connectivity index (χ3n) is 1.43. The molecule has 0 radical (unpaired) electrons. The molecule has 1 rings (SSSR count). The van der Waals surface area contributed by atoms with Crippen LogP contribution in [0.3, 0.4) is 0 Å². The Morgan fingerprint density at radius 3 is 2.18 bits per heavy atom. The van der Waals surface area contributed by atoms with Crippen molar-refractivity contribution in [2.45, 2.75) is 20.8 Å². The van der Waals surface area contributed by atoms with Crippen LogP contribution >= 0.6 is 0 Å². The topological polar surface area (TPSA) is 41.5 Å². The molecule has 1 heterocycles. The largest absolute Gasteiger partial charge is 0.306 e. The molecule has 0 aliphatic carbocycles. The number of aliphatic imine (C=N–C) groups is 1. The molecule has 0 atom stereocenters. The zero-order chi connectivity index (χ0) is 8.65. The average Bonchev–Trinajstić information content (AvgIpc) is 2.08. The minimum Gasteiger partial charge on any atom is -0.306 e. The number of nitrogens with one attached hydrogen (secondary N) is 1. The van der Waals surface area contributed by atoms with Gasteiger partial charge in [-0.25, -0.2) is 4.99 Å². The quantitative estimate of drug-likeness (QED) is 0.554.